The molecule has 23 heavy (non-hydrogen) atoms. The molecule has 8 nitrogen and oxygen atoms in total. The summed E-state index contributed by atoms with van der Waals surface area (Å²) in [5.41, 5.74) is 0.160. The van der Waals surface area contributed by atoms with Crippen LogP contribution < -0.4 is 4.74 Å². The highest BCUT2D eigenvalue weighted by molar-refractivity contribution is 5.88. The molecule has 0 unspecified atom stereocenters. The second-order valence-corrected chi connectivity index (χ2v) is 4.36. The minimum absolute atomic E-state index is 0.0351. The van der Waals surface area contributed by atoms with E-state index in [1.54, 1.807) is 6.07 Å². The molecule has 0 heterocycles. The van der Waals surface area contributed by atoms with E-state index in [-0.39, 0.29) is 17.1 Å². The number of hydrogen-bond acceptors (Lipinski definition) is 6. The van der Waals surface area contributed by atoms with Gasteiger partial charge in [0, 0.05) is 24.3 Å². The van der Waals surface area contributed by atoms with Crippen molar-refractivity contribution in [3.05, 3.63) is 80.4 Å². The molecule has 0 saturated heterocycles. The first kappa shape index (κ1) is 15.8. The number of nitro groups is 2. The van der Waals surface area contributed by atoms with Crippen LogP contribution in [0.1, 0.15) is 5.56 Å². The summed E-state index contributed by atoms with van der Waals surface area (Å²) in [5.74, 6) is -0.718. The lowest BCUT2D eigenvalue weighted by atomic mass is 10.2. The molecule has 0 aliphatic heterocycles. The SMILES string of the molecule is O=C(C=Cc1cccc([N+](=O)[O-])c1)Oc1cccc([N+](=O)[O-])c1. The Bertz CT molecular complexity index is 800. The van der Waals surface area contributed by atoms with Crippen molar-refractivity contribution in [1.82, 2.24) is 0 Å². The third-order valence-electron chi connectivity index (χ3n) is 2.74. The molecule has 116 valence electrons. The van der Waals surface area contributed by atoms with Crippen molar-refractivity contribution in [3.8, 4) is 5.75 Å². The van der Waals surface area contributed by atoms with Crippen LogP contribution in [-0.4, -0.2) is 15.8 Å². The minimum atomic E-state index is -0.753. The molecule has 0 aromatic heterocycles. The Morgan fingerprint density at radius 2 is 1.57 bits per heavy atom. The number of ether oxygens (including phenoxy) is 1. The van der Waals surface area contributed by atoms with Crippen molar-refractivity contribution in [2.45, 2.75) is 0 Å². The van der Waals surface area contributed by atoms with Gasteiger partial charge in [-0.2, -0.15) is 0 Å². The summed E-state index contributed by atoms with van der Waals surface area (Å²) >= 11 is 0. The van der Waals surface area contributed by atoms with Crippen LogP contribution in [0.3, 0.4) is 0 Å². The van der Waals surface area contributed by atoms with E-state index in [9.17, 15) is 25.0 Å². The van der Waals surface area contributed by atoms with E-state index in [1.807, 2.05) is 0 Å². The van der Waals surface area contributed by atoms with E-state index in [0.717, 1.165) is 12.1 Å². The van der Waals surface area contributed by atoms with Gasteiger partial charge < -0.3 is 4.74 Å². The highest BCUT2D eigenvalue weighted by Gasteiger charge is 2.08. The summed E-state index contributed by atoms with van der Waals surface area (Å²) in [7, 11) is 0. The maximum absolute atomic E-state index is 11.7. The zero-order chi connectivity index (χ0) is 16.8. The first-order valence-electron chi connectivity index (χ1n) is 6.34. The van der Waals surface area contributed by atoms with Gasteiger partial charge in [0.2, 0.25) is 0 Å². The van der Waals surface area contributed by atoms with Crippen molar-refractivity contribution in [1.29, 1.82) is 0 Å². The van der Waals surface area contributed by atoms with Crippen molar-refractivity contribution < 1.29 is 19.4 Å². The van der Waals surface area contributed by atoms with E-state index < -0.39 is 15.8 Å². The monoisotopic (exact) mass is 314 g/mol. The van der Waals surface area contributed by atoms with Crippen LogP contribution in [0, 0.1) is 20.2 Å². The number of benzene rings is 2. The molecule has 0 bridgehead atoms. The van der Waals surface area contributed by atoms with Gasteiger partial charge >= 0.3 is 5.97 Å². The standard InChI is InChI=1S/C15H10N2O6/c18-15(23-14-6-2-5-13(10-14)17(21)22)8-7-11-3-1-4-12(9-11)16(19)20/h1-10H. The predicted octanol–water partition coefficient (Wildman–Crippen LogP) is 3.12. The Morgan fingerprint density at radius 1 is 0.957 bits per heavy atom. The average Bonchev–Trinajstić information content (AvgIpc) is 2.53. The molecule has 0 aliphatic carbocycles. The Balaban J connectivity index is 2.07. The number of carbonyl (C=O) groups excluding carboxylic acids is 1. The maximum Gasteiger partial charge on any atom is 0.336 e. The van der Waals surface area contributed by atoms with Gasteiger partial charge in [-0.05, 0) is 17.7 Å². The molecule has 0 spiro atoms. The molecule has 0 aliphatic rings. The van der Waals surface area contributed by atoms with Gasteiger partial charge in [0.1, 0.15) is 5.75 Å². The highest BCUT2D eigenvalue weighted by Crippen LogP contribution is 2.19. The fraction of sp³-hybridized carbons (Fsp3) is 0. The lowest BCUT2D eigenvalue weighted by molar-refractivity contribution is -0.385. The Labute approximate surface area is 129 Å². The Hall–Kier alpha value is -3.55. The molecule has 2 aromatic carbocycles. The van der Waals surface area contributed by atoms with Gasteiger partial charge in [-0.15, -0.1) is 0 Å². The van der Waals surface area contributed by atoms with Crippen molar-refractivity contribution >= 4 is 23.4 Å². The summed E-state index contributed by atoms with van der Waals surface area (Å²) in [6.45, 7) is 0. The number of carbonyl (C=O) groups is 1. The molecule has 2 aromatic rings. The highest BCUT2D eigenvalue weighted by atomic mass is 16.6. The maximum atomic E-state index is 11.7. The number of non-ortho nitro benzene ring substituents is 2. The topological polar surface area (TPSA) is 113 Å². The van der Waals surface area contributed by atoms with Crippen LogP contribution in [0.4, 0.5) is 11.4 Å². The summed E-state index contributed by atoms with van der Waals surface area (Å²) in [4.78, 5) is 31.8. The lowest BCUT2D eigenvalue weighted by Crippen LogP contribution is -2.03. The van der Waals surface area contributed by atoms with Crippen LogP contribution in [0.25, 0.3) is 6.08 Å². The van der Waals surface area contributed by atoms with Gasteiger partial charge in [-0.1, -0.05) is 18.2 Å². The molecule has 0 atom stereocenters. The van der Waals surface area contributed by atoms with Crippen LogP contribution in [0.5, 0.6) is 5.75 Å². The average molecular weight is 314 g/mol. The van der Waals surface area contributed by atoms with Crippen LogP contribution in [0.2, 0.25) is 0 Å². The summed E-state index contributed by atoms with van der Waals surface area (Å²) < 4.78 is 4.94. The van der Waals surface area contributed by atoms with Crippen LogP contribution >= 0.6 is 0 Å². The van der Waals surface area contributed by atoms with Crippen molar-refractivity contribution in [3.63, 3.8) is 0 Å². The van der Waals surface area contributed by atoms with Gasteiger partial charge in [-0.3, -0.25) is 20.2 Å². The molecule has 8 heteroatoms. The van der Waals surface area contributed by atoms with Gasteiger partial charge in [-0.25, -0.2) is 4.79 Å². The third kappa shape index (κ3) is 4.46. The smallest absolute Gasteiger partial charge is 0.336 e. The van der Waals surface area contributed by atoms with E-state index in [2.05, 4.69) is 0 Å². The van der Waals surface area contributed by atoms with E-state index >= 15 is 0 Å². The number of nitro benzene ring substituents is 2. The van der Waals surface area contributed by atoms with E-state index in [4.69, 9.17) is 4.74 Å². The minimum Gasteiger partial charge on any atom is -0.423 e. The summed E-state index contributed by atoms with van der Waals surface area (Å²) in [6.07, 6.45) is 2.44. The van der Waals surface area contributed by atoms with Crippen LogP contribution in [0.15, 0.2) is 54.6 Å². The second-order valence-electron chi connectivity index (χ2n) is 4.36. The molecular weight excluding hydrogens is 304 g/mol. The van der Waals surface area contributed by atoms with E-state index in [0.29, 0.717) is 5.56 Å². The molecule has 0 saturated carbocycles. The fourth-order valence-electron chi connectivity index (χ4n) is 1.72. The largest absolute Gasteiger partial charge is 0.423 e. The molecule has 2 rings (SSSR count). The lowest BCUT2D eigenvalue weighted by Gasteiger charge is -2.00. The molecule has 0 N–H and O–H groups in total. The first-order valence-corrected chi connectivity index (χ1v) is 6.34. The summed E-state index contributed by atoms with van der Waals surface area (Å²) in [5, 5.41) is 21.3. The van der Waals surface area contributed by atoms with Crippen molar-refractivity contribution in [2.75, 3.05) is 0 Å². The first-order chi connectivity index (χ1) is 11.0. The van der Waals surface area contributed by atoms with Crippen LogP contribution in [-0.2, 0) is 4.79 Å². The zero-order valence-corrected chi connectivity index (χ0v) is 11.6. The molecule has 0 fully saturated rings. The van der Waals surface area contributed by atoms with Crippen molar-refractivity contribution in [2.24, 2.45) is 0 Å². The normalized spacial score (nSPS) is 10.4. The van der Waals surface area contributed by atoms with Gasteiger partial charge in [0.25, 0.3) is 11.4 Å². The Kier molecular flexibility index (Phi) is 4.78. The molecule has 0 amide bonds. The van der Waals surface area contributed by atoms with Gasteiger partial charge in [0.15, 0.2) is 0 Å². The predicted molar refractivity (Wildman–Crippen MR) is 80.9 cm³/mol. The quantitative estimate of drug-likeness (QED) is 0.275. The fourth-order valence-corrected chi connectivity index (χ4v) is 1.72. The molecule has 0 radical (unpaired) electrons. The molecular formula is C15H10N2O6. The second kappa shape index (κ2) is 6.94. The number of rotatable bonds is 5. The number of esters is 1. The Morgan fingerprint density at radius 3 is 2.22 bits per heavy atom. The third-order valence-corrected chi connectivity index (χ3v) is 2.74. The number of hydrogen-bond donors (Lipinski definition) is 0. The van der Waals surface area contributed by atoms with Gasteiger partial charge in [0.05, 0.1) is 15.9 Å². The zero-order valence-electron chi connectivity index (χ0n) is 11.6. The number of nitrogens with zero attached hydrogens (tertiary/aromatic N) is 2. The van der Waals surface area contributed by atoms with E-state index in [1.165, 1.54) is 42.5 Å². The summed E-state index contributed by atoms with van der Waals surface area (Å²) in [6, 6.07) is 10.9.